The minimum absolute atomic E-state index is 0.0452. The molecule has 0 aliphatic heterocycles. The molecule has 5 rings (SSSR count). The van der Waals surface area contributed by atoms with Gasteiger partial charge in [0.25, 0.3) is 5.56 Å². The molecule has 0 radical (unpaired) electrons. The predicted octanol–water partition coefficient (Wildman–Crippen LogP) is 1.26. The van der Waals surface area contributed by atoms with E-state index in [1.54, 1.807) is 0 Å². The number of hydrogen-bond donors (Lipinski definition) is 2. The van der Waals surface area contributed by atoms with Crippen molar-refractivity contribution >= 4 is 5.91 Å². The zero-order chi connectivity index (χ0) is 16.7. The van der Waals surface area contributed by atoms with Crippen LogP contribution < -0.4 is 16.6 Å². The molecule has 0 atom stereocenters. The van der Waals surface area contributed by atoms with E-state index < -0.39 is 11.2 Å². The molecule has 0 unspecified atom stereocenters. The van der Waals surface area contributed by atoms with Crippen LogP contribution in [0, 0.1) is 23.2 Å². The quantitative estimate of drug-likeness (QED) is 0.852. The molecule has 4 fully saturated rings. The fraction of sp³-hybridized carbons (Fsp3) is 0.722. The topological polar surface area (TPSA) is 84.0 Å². The third kappa shape index (κ3) is 3.06. The Morgan fingerprint density at radius 1 is 1.17 bits per heavy atom. The first kappa shape index (κ1) is 15.7. The van der Waals surface area contributed by atoms with Crippen molar-refractivity contribution in [3.63, 3.8) is 0 Å². The molecule has 0 saturated heterocycles. The van der Waals surface area contributed by atoms with Gasteiger partial charge in [0.2, 0.25) is 5.91 Å². The first-order chi connectivity index (χ1) is 11.5. The highest BCUT2D eigenvalue weighted by molar-refractivity contribution is 5.75. The third-order valence-electron chi connectivity index (χ3n) is 6.35. The van der Waals surface area contributed by atoms with E-state index in [-0.39, 0.29) is 12.5 Å². The Labute approximate surface area is 140 Å². The molecule has 1 aromatic rings. The van der Waals surface area contributed by atoms with Gasteiger partial charge in [-0.2, -0.15) is 0 Å². The molecule has 4 bridgehead atoms. The second-order valence-electron chi connectivity index (χ2n) is 8.26. The molecule has 1 heterocycles. The van der Waals surface area contributed by atoms with Crippen LogP contribution in [0.15, 0.2) is 21.9 Å². The number of rotatable bonds is 5. The van der Waals surface area contributed by atoms with Crippen molar-refractivity contribution in [1.82, 2.24) is 14.9 Å². The molecule has 0 spiro atoms. The zero-order valence-electron chi connectivity index (χ0n) is 13.9. The smallest absolute Gasteiger partial charge is 0.328 e. The fourth-order valence-corrected chi connectivity index (χ4v) is 5.84. The van der Waals surface area contributed by atoms with Crippen LogP contribution in [0.2, 0.25) is 0 Å². The van der Waals surface area contributed by atoms with Crippen molar-refractivity contribution in [2.24, 2.45) is 23.2 Å². The summed E-state index contributed by atoms with van der Waals surface area (Å²) in [6, 6.07) is 1.25. The molecule has 0 aromatic carbocycles. The minimum Gasteiger partial charge on any atom is -0.355 e. The number of amides is 1. The van der Waals surface area contributed by atoms with Crippen molar-refractivity contribution < 1.29 is 4.79 Å². The molecule has 1 amide bonds. The first-order valence-corrected chi connectivity index (χ1v) is 9.08. The average Bonchev–Trinajstić information content (AvgIpc) is 2.48. The van der Waals surface area contributed by atoms with Gasteiger partial charge in [-0.25, -0.2) is 4.79 Å². The van der Waals surface area contributed by atoms with Crippen molar-refractivity contribution in [2.75, 3.05) is 6.54 Å². The van der Waals surface area contributed by atoms with Crippen LogP contribution in [-0.4, -0.2) is 22.0 Å². The summed E-state index contributed by atoms with van der Waals surface area (Å²) in [5.41, 5.74) is -0.533. The lowest BCUT2D eigenvalue weighted by Crippen LogP contribution is -2.47. The Balaban J connectivity index is 1.30. The number of hydrogen-bond acceptors (Lipinski definition) is 3. The second kappa shape index (κ2) is 5.90. The molecule has 4 aliphatic rings. The summed E-state index contributed by atoms with van der Waals surface area (Å²) in [5, 5.41) is 2.96. The molecule has 6 heteroatoms. The maximum atomic E-state index is 12.1. The SMILES string of the molecule is O=C(Cn1ccc(=O)[nH]c1=O)NCCC12CC3CC(CC(C3)C1)C2. The summed E-state index contributed by atoms with van der Waals surface area (Å²) in [4.78, 5) is 36.9. The van der Waals surface area contributed by atoms with Gasteiger partial charge in [0.15, 0.2) is 0 Å². The third-order valence-corrected chi connectivity index (χ3v) is 6.35. The van der Waals surface area contributed by atoms with Crippen LogP contribution >= 0.6 is 0 Å². The summed E-state index contributed by atoms with van der Waals surface area (Å²) >= 11 is 0. The van der Waals surface area contributed by atoms with Crippen LogP contribution in [0.3, 0.4) is 0 Å². The van der Waals surface area contributed by atoms with Crippen molar-refractivity contribution in [2.45, 2.75) is 51.5 Å². The van der Waals surface area contributed by atoms with Gasteiger partial charge in [0, 0.05) is 18.8 Å². The Morgan fingerprint density at radius 2 is 1.79 bits per heavy atom. The largest absolute Gasteiger partial charge is 0.355 e. The summed E-state index contributed by atoms with van der Waals surface area (Å²) in [7, 11) is 0. The number of aromatic nitrogens is 2. The molecule has 4 aliphatic carbocycles. The zero-order valence-corrected chi connectivity index (χ0v) is 13.9. The summed E-state index contributed by atoms with van der Waals surface area (Å²) in [6.45, 7) is 0.638. The molecular formula is C18H25N3O3. The molecule has 24 heavy (non-hydrogen) atoms. The molecule has 1 aromatic heterocycles. The number of nitrogens with one attached hydrogen (secondary N) is 2. The number of aromatic amines is 1. The highest BCUT2D eigenvalue weighted by Crippen LogP contribution is 2.61. The Kier molecular flexibility index (Phi) is 3.85. The molecule has 4 saturated carbocycles. The van der Waals surface area contributed by atoms with E-state index in [1.165, 1.54) is 55.4 Å². The van der Waals surface area contributed by atoms with Crippen molar-refractivity contribution in [3.8, 4) is 0 Å². The maximum Gasteiger partial charge on any atom is 0.328 e. The standard InChI is InChI=1S/C18H25N3O3/c22-15-1-4-21(17(24)20-15)11-16(23)19-3-2-18-8-12-5-13(9-18)7-14(6-12)10-18/h1,4,12-14H,2-3,5-11H2,(H,19,23)(H,20,22,24). The molecular weight excluding hydrogens is 306 g/mol. The Morgan fingerprint density at radius 3 is 2.38 bits per heavy atom. The van der Waals surface area contributed by atoms with E-state index in [2.05, 4.69) is 10.3 Å². The first-order valence-electron chi connectivity index (χ1n) is 9.08. The van der Waals surface area contributed by atoms with Crippen molar-refractivity contribution in [1.29, 1.82) is 0 Å². The lowest BCUT2D eigenvalue weighted by molar-refractivity contribution is -0.122. The van der Waals surface area contributed by atoms with Gasteiger partial charge in [-0.05, 0) is 68.1 Å². The van der Waals surface area contributed by atoms with E-state index >= 15 is 0 Å². The maximum absolute atomic E-state index is 12.1. The number of carbonyl (C=O) groups excluding carboxylic acids is 1. The normalized spacial score (nSPS) is 33.6. The highest BCUT2D eigenvalue weighted by Gasteiger charge is 2.50. The Bertz CT molecular complexity index is 713. The minimum atomic E-state index is -0.543. The summed E-state index contributed by atoms with van der Waals surface area (Å²) in [6.07, 6.45) is 10.7. The monoisotopic (exact) mass is 331 g/mol. The van der Waals surface area contributed by atoms with Gasteiger partial charge in [-0.1, -0.05) is 0 Å². The second-order valence-corrected chi connectivity index (χ2v) is 8.26. The Hall–Kier alpha value is -1.85. The van der Waals surface area contributed by atoms with Crippen LogP contribution in [0.25, 0.3) is 0 Å². The van der Waals surface area contributed by atoms with Gasteiger partial charge in [-0.3, -0.25) is 19.1 Å². The van der Waals surface area contributed by atoms with Gasteiger partial charge in [0.05, 0.1) is 0 Å². The van der Waals surface area contributed by atoms with Crippen LogP contribution in [-0.2, 0) is 11.3 Å². The van der Waals surface area contributed by atoms with E-state index in [0.717, 1.165) is 24.2 Å². The van der Waals surface area contributed by atoms with Gasteiger partial charge in [-0.15, -0.1) is 0 Å². The van der Waals surface area contributed by atoms with Crippen molar-refractivity contribution in [3.05, 3.63) is 33.1 Å². The highest BCUT2D eigenvalue weighted by atomic mass is 16.2. The molecule has 2 N–H and O–H groups in total. The van der Waals surface area contributed by atoms with Crippen LogP contribution in [0.4, 0.5) is 0 Å². The number of carbonyl (C=O) groups is 1. The predicted molar refractivity (Wildman–Crippen MR) is 89.6 cm³/mol. The number of H-pyrrole nitrogens is 1. The average molecular weight is 331 g/mol. The van der Waals surface area contributed by atoms with Crippen LogP contribution in [0.5, 0.6) is 0 Å². The van der Waals surface area contributed by atoms with E-state index in [0.29, 0.717) is 12.0 Å². The van der Waals surface area contributed by atoms with Gasteiger partial charge >= 0.3 is 5.69 Å². The summed E-state index contributed by atoms with van der Waals surface area (Å²) in [5.74, 6) is 2.60. The number of nitrogens with zero attached hydrogens (tertiary/aromatic N) is 1. The lowest BCUT2D eigenvalue weighted by atomic mass is 9.49. The van der Waals surface area contributed by atoms with E-state index in [9.17, 15) is 14.4 Å². The van der Waals surface area contributed by atoms with E-state index in [4.69, 9.17) is 0 Å². The van der Waals surface area contributed by atoms with Gasteiger partial charge < -0.3 is 5.32 Å². The molecule has 130 valence electrons. The van der Waals surface area contributed by atoms with Crippen LogP contribution in [0.1, 0.15) is 44.9 Å². The lowest BCUT2D eigenvalue weighted by Gasteiger charge is -2.57. The molecule has 6 nitrogen and oxygen atoms in total. The van der Waals surface area contributed by atoms with E-state index in [1.807, 2.05) is 0 Å². The van der Waals surface area contributed by atoms with Gasteiger partial charge in [0.1, 0.15) is 6.54 Å². The summed E-state index contributed by atoms with van der Waals surface area (Å²) < 4.78 is 1.22. The fourth-order valence-electron chi connectivity index (χ4n) is 5.84.